The van der Waals surface area contributed by atoms with Crippen molar-refractivity contribution in [2.24, 2.45) is 5.90 Å². The predicted molar refractivity (Wildman–Crippen MR) is 25.7 cm³/mol. The van der Waals surface area contributed by atoms with Gasteiger partial charge in [0.05, 0.1) is 0 Å². The van der Waals surface area contributed by atoms with Crippen LogP contribution < -0.4 is 5.90 Å². The number of rotatable bonds is 2. The van der Waals surface area contributed by atoms with E-state index in [2.05, 4.69) is 10.7 Å². The molecule has 0 aromatic rings. The fourth-order valence-electron chi connectivity index (χ4n) is 0.335. The van der Waals surface area contributed by atoms with Crippen LogP contribution in [0.25, 0.3) is 0 Å². The lowest BCUT2D eigenvalue weighted by Gasteiger charge is -2.16. The number of hydrogen-bond acceptors (Lipinski definition) is 2. The molecule has 2 nitrogen and oxygen atoms in total. The van der Waals surface area contributed by atoms with Gasteiger partial charge in [0.2, 0.25) is 6.17 Å². The molecule has 0 aliphatic heterocycles. The lowest BCUT2D eigenvalue weighted by Crippen LogP contribution is -2.37. The van der Waals surface area contributed by atoms with Gasteiger partial charge in [0.1, 0.15) is 6.10 Å². The summed E-state index contributed by atoms with van der Waals surface area (Å²) in [6.07, 6.45) is -9.56. The lowest BCUT2D eigenvalue weighted by atomic mass is 10.2. The molecule has 2 atom stereocenters. The molecule has 0 rings (SSSR count). The minimum atomic E-state index is -4.89. The van der Waals surface area contributed by atoms with Crippen molar-refractivity contribution in [2.75, 3.05) is 0 Å². The Bertz CT molecular complexity index is 104. The van der Waals surface area contributed by atoms with Gasteiger partial charge < -0.3 is 0 Å². The van der Waals surface area contributed by atoms with Gasteiger partial charge in [-0.3, -0.25) is 4.84 Å². The summed E-state index contributed by atoms with van der Waals surface area (Å²) in [4.78, 5) is 3.64. The summed E-state index contributed by atoms with van der Waals surface area (Å²) in [5, 5.41) is 0. The zero-order chi connectivity index (χ0) is 8.36. The second-order valence-electron chi connectivity index (χ2n) is 1.78. The first-order valence-corrected chi connectivity index (χ1v) is 2.46. The van der Waals surface area contributed by atoms with E-state index in [0.717, 1.165) is 6.92 Å². The first-order chi connectivity index (χ1) is 4.39. The highest BCUT2D eigenvalue weighted by atomic mass is 19.4. The van der Waals surface area contributed by atoms with Crippen LogP contribution in [-0.4, -0.2) is 18.5 Å². The molecule has 0 amide bonds. The first kappa shape index (κ1) is 9.64. The maximum absolute atomic E-state index is 12.0. The van der Waals surface area contributed by atoms with Crippen LogP contribution in [0, 0.1) is 0 Å². The second-order valence-corrected chi connectivity index (χ2v) is 1.78. The summed E-state index contributed by atoms with van der Waals surface area (Å²) >= 11 is 0. The molecule has 6 heteroatoms. The lowest BCUT2D eigenvalue weighted by molar-refractivity contribution is -0.210. The van der Waals surface area contributed by atoms with Crippen LogP contribution in [0.4, 0.5) is 17.6 Å². The second kappa shape index (κ2) is 3.16. The fraction of sp³-hybridized carbons (Fsp3) is 1.00. The molecule has 0 aliphatic rings. The molecule has 2 unspecified atom stereocenters. The van der Waals surface area contributed by atoms with Crippen molar-refractivity contribution in [1.29, 1.82) is 0 Å². The molecule has 0 saturated heterocycles. The predicted octanol–water partition coefficient (Wildman–Crippen LogP) is 1.17. The van der Waals surface area contributed by atoms with E-state index in [1.165, 1.54) is 0 Å². The Kier molecular flexibility index (Phi) is 3.04. The number of nitrogens with two attached hydrogens (primary N) is 1. The highest BCUT2D eigenvalue weighted by Crippen LogP contribution is 2.25. The van der Waals surface area contributed by atoms with Crippen molar-refractivity contribution in [2.45, 2.75) is 25.4 Å². The maximum Gasteiger partial charge on any atom is 0.422 e. The monoisotopic (exact) mass is 161 g/mol. The van der Waals surface area contributed by atoms with Crippen LogP contribution in [-0.2, 0) is 4.84 Å². The summed E-state index contributed by atoms with van der Waals surface area (Å²) in [5.74, 6) is 4.33. The molecule has 0 spiro atoms. The summed E-state index contributed by atoms with van der Waals surface area (Å²) in [6, 6.07) is 0. The molecule has 0 bridgehead atoms. The van der Waals surface area contributed by atoms with Gasteiger partial charge in [-0.2, -0.15) is 13.2 Å². The molecule has 10 heavy (non-hydrogen) atoms. The smallest absolute Gasteiger partial charge is 0.298 e. The first-order valence-electron chi connectivity index (χ1n) is 2.46. The average molecular weight is 161 g/mol. The Morgan fingerprint density at radius 3 is 1.90 bits per heavy atom. The van der Waals surface area contributed by atoms with Gasteiger partial charge in [0.25, 0.3) is 0 Å². The van der Waals surface area contributed by atoms with Crippen molar-refractivity contribution in [1.82, 2.24) is 0 Å². The molecular weight excluding hydrogens is 154 g/mol. The Balaban J connectivity index is 3.94. The molecule has 0 saturated carbocycles. The van der Waals surface area contributed by atoms with Gasteiger partial charge in [-0.1, -0.05) is 0 Å². The molecule has 62 valence electrons. The van der Waals surface area contributed by atoms with Crippen molar-refractivity contribution < 1.29 is 22.4 Å². The van der Waals surface area contributed by atoms with Crippen LogP contribution in [0.15, 0.2) is 0 Å². The average Bonchev–Trinajstić information content (AvgIpc) is 1.83. The molecule has 0 aromatic carbocycles. The largest absolute Gasteiger partial charge is 0.422 e. The maximum atomic E-state index is 12.0. The van der Waals surface area contributed by atoms with E-state index >= 15 is 0 Å². The number of halogens is 4. The van der Waals surface area contributed by atoms with Crippen molar-refractivity contribution in [3.8, 4) is 0 Å². The Morgan fingerprint density at radius 1 is 1.40 bits per heavy atom. The summed E-state index contributed by atoms with van der Waals surface area (Å²) in [6.45, 7) is 0.901. The number of hydrogen-bond donors (Lipinski definition) is 1. The van der Waals surface area contributed by atoms with Crippen LogP contribution in [0.3, 0.4) is 0 Å². The molecule has 0 heterocycles. The van der Waals surface area contributed by atoms with Crippen LogP contribution >= 0.6 is 0 Å². The molecule has 0 aromatic heterocycles. The van der Waals surface area contributed by atoms with E-state index in [1.807, 2.05) is 0 Å². The normalized spacial score (nSPS) is 18.6. The van der Waals surface area contributed by atoms with Crippen molar-refractivity contribution in [3.63, 3.8) is 0 Å². The number of alkyl halides is 4. The quantitative estimate of drug-likeness (QED) is 0.487. The Morgan fingerprint density at radius 2 is 1.80 bits per heavy atom. The van der Waals surface area contributed by atoms with Gasteiger partial charge in [-0.15, -0.1) is 0 Å². The van der Waals surface area contributed by atoms with Crippen molar-refractivity contribution in [3.05, 3.63) is 0 Å². The van der Waals surface area contributed by atoms with E-state index in [9.17, 15) is 17.6 Å². The SMILES string of the molecule is CC(ON)C(F)C(F)(F)F. The summed E-state index contributed by atoms with van der Waals surface area (Å²) in [5.41, 5.74) is 0. The van der Waals surface area contributed by atoms with Crippen LogP contribution in [0.2, 0.25) is 0 Å². The van der Waals surface area contributed by atoms with Crippen LogP contribution in [0.1, 0.15) is 6.92 Å². The zero-order valence-corrected chi connectivity index (χ0v) is 5.15. The van der Waals surface area contributed by atoms with Gasteiger partial charge in [-0.25, -0.2) is 10.3 Å². The summed E-state index contributed by atoms with van der Waals surface area (Å²) < 4.78 is 46.1. The topological polar surface area (TPSA) is 35.2 Å². The third-order valence-corrected chi connectivity index (χ3v) is 0.939. The molecular formula is C4H7F4NO. The molecule has 0 radical (unpaired) electrons. The zero-order valence-electron chi connectivity index (χ0n) is 5.15. The van der Waals surface area contributed by atoms with Gasteiger partial charge in [0, 0.05) is 0 Å². The van der Waals surface area contributed by atoms with E-state index in [4.69, 9.17) is 0 Å². The minimum absolute atomic E-state index is 0.901. The fourth-order valence-corrected chi connectivity index (χ4v) is 0.335. The van der Waals surface area contributed by atoms with E-state index < -0.39 is 18.5 Å². The highest BCUT2D eigenvalue weighted by molar-refractivity contribution is 4.71. The molecule has 0 aliphatic carbocycles. The van der Waals surface area contributed by atoms with Crippen molar-refractivity contribution >= 4 is 0 Å². The van der Waals surface area contributed by atoms with Crippen LogP contribution in [0.5, 0.6) is 0 Å². The van der Waals surface area contributed by atoms with Gasteiger partial charge in [0.15, 0.2) is 0 Å². The Labute approximate surface area is 54.9 Å². The Hall–Kier alpha value is -0.360. The van der Waals surface area contributed by atoms with Gasteiger partial charge >= 0.3 is 6.18 Å². The third kappa shape index (κ3) is 2.49. The highest BCUT2D eigenvalue weighted by Gasteiger charge is 2.44. The molecule has 2 N–H and O–H groups in total. The summed E-state index contributed by atoms with van der Waals surface area (Å²) in [7, 11) is 0. The molecule has 0 fully saturated rings. The van der Waals surface area contributed by atoms with Gasteiger partial charge in [-0.05, 0) is 6.92 Å². The minimum Gasteiger partial charge on any atom is -0.298 e. The van der Waals surface area contributed by atoms with E-state index in [0.29, 0.717) is 0 Å². The van der Waals surface area contributed by atoms with E-state index in [1.54, 1.807) is 0 Å². The third-order valence-electron chi connectivity index (χ3n) is 0.939. The standard InChI is InChI=1S/C4H7F4NO/c1-2(10-9)3(5)4(6,7)8/h2-3H,9H2,1H3. The van der Waals surface area contributed by atoms with E-state index in [-0.39, 0.29) is 0 Å².